The van der Waals surface area contributed by atoms with Gasteiger partial charge in [-0.15, -0.1) is 0 Å². The van der Waals surface area contributed by atoms with Gasteiger partial charge in [0.05, 0.1) is 25.5 Å². The smallest absolute Gasteiger partial charge is 0.357 e. The molecule has 1 saturated heterocycles. The number of imidazole rings is 1. The van der Waals surface area contributed by atoms with Crippen LogP contribution in [0.4, 0.5) is 13.2 Å². The molecule has 1 fully saturated rings. The molecule has 2 heterocycles. The number of alkyl halides is 3. The molecular weight excluding hydrogens is 345 g/mol. The molecule has 1 aliphatic heterocycles. The van der Waals surface area contributed by atoms with E-state index in [9.17, 15) is 13.2 Å². The van der Waals surface area contributed by atoms with Crippen molar-refractivity contribution >= 4 is 5.96 Å². The Kier molecular flexibility index (Phi) is 7.31. The van der Waals surface area contributed by atoms with Gasteiger partial charge in [-0.1, -0.05) is 6.92 Å². The summed E-state index contributed by atoms with van der Waals surface area (Å²) in [5.41, 5.74) is 0. The number of piperidine rings is 1. The number of halogens is 3. The van der Waals surface area contributed by atoms with E-state index in [1.165, 1.54) is 11.9 Å². The van der Waals surface area contributed by atoms with Crippen molar-refractivity contribution < 1.29 is 13.2 Å². The number of rotatable bonds is 6. The average molecular weight is 374 g/mol. The molecule has 0 aliphatic carbocycles. The third-order valence-corrected chi connectivity index (χ3v) is 4.65. The van der Waals surface area contributed by atoms with Crippen LogP contribution in [-0.2, 0) is 0 Å². The Bertz CT molecular complexity index is 557. The van der Waals surface area contributed by atoms with Crippen LogP contribution in [0.15, 0.2) is 23.7 Å². The van der Waals surface area contributed by atoms with E-state index in [4.69, 9.17) is 0 Å². The molecule has 0 saturated carbocycles. The molecule has 0 amide bonds. The monoisotopic (exact) mass is 374 g/mol. The normalized spacial score (nSPS) is 22.1. The van der Waals surface area contributed by atoms with Crippen molar-refractivity contribution in [2.24, 2.45) is 10.9 Å². The van der Waals surface area contributed by atoms with Crippen LogP contribution < -0.4 is 5.32 Å². The van der Waals surface area contributed by atoms with Crippen molar-refractivity contribution in [3.05, 3.63) is 18.7 Å². The number of guanidine groups is 1. The van der Waals surface area contributed by atoms with Crippen LogP contribution in [0.25, 0.3) is 0 Å². The number of aliphatic imine (C=N–C) groups is 1. The van der Waals surface area contributed by atoms with Gasteiger partial charge in [0, 0.05) is 38.6 Å². The quantitative estimate of drug-likeness (QED) is 0.613. The summed E-state index contributed by atoms with van der Waals surface area (Å²) in [7, 11) is 1.47. The van der Waals surface area contributed by atoms with E-state index in [0.29, 0.717) is 18.5 Å². The Hall–Kier alpha value is -1.77. The van der Waals surface area contributed by atoms with Crippen LogP contribution in [0.3, 0.4) is 0 Å². The fourth-order valence-corrected chi connectivity index (χ4v) is 3.23. The molecule has 2 rings (SSSR count). The summed E-state index contributed by atoms with van der Waals surface area (Å²) in [5, 5.41) is 3.27. The van der Waals surface area contributed by atoms with E-state index < -0.39 is 12.7 Å². The molecule has 2 unspecified atom stereocenters. The maximum Gasteiger partial charge on any atom is 0.401 e. The maximum atomic E-state index is 12.4. The second kappa shape index (κ2) is 9.25. The lowest BCUT2D eigenvalue weighted by atomic mass is 9.93. The van der Waals surface area contributed by atoms with E-state index in [-0.39, 0.29) is 6.54 Å². The number of nitrogens with zero attached hydrogens (tertiary/aromatic N) is 5. The first-order chi connectivity index (χ1) is 12.3. The molecule has 148 valence electrons. The Labute approximate surface area is 153 Å². The van der Waals surface area contributed by atoms with Gasteiger partial charge in [-0.3, -0.25) is 9.89 Å². The van der Waals surface area contributed by atoms with Gasteiger partial charge in [0.25, 0.3) is 0 Å². The second-order valence-corrected chi connectivity index (χ2v) is 6.88. The van der Waals surface area contributed by atoms with Gasteiger partial charge in [0.1, 0.15) is 0 Å². The molecule has 1 aromatic heterocycles. The minimum absolute atomic E-state index is 0.267. The van der Waals surface area contributed by atoms with Crippen LogP contribution >= 0.6 is 0 Å². The molecule has 1 N–H and O–H groups in total. The van der Waals surface area contributed by atoms with Gasteiger partial charge in [0.2, 0.25) is 0 Å². The van der Waals surface area contributed by atoms with Crippen molar-refractivity contribution in [3.63, 3.8) is 0 Å². The number of hydrogen-bond acceptors (Lipinski definition) is 3. The Morgan fingerprint density at radius 2 is 2.19 bits per heavy atom. The Morgan fingerprint density at radius 1 is 1.42 bits per heavy atom. The number of aromatic nitrogens is 2. The highest BCUT2D eigenvalue weighted by atomic mass is 19.4. The van der Waals surface area contributed by atoms with Crippen molar-refractivity contribution in [2.75, 3.05) is 46.3 Å². The number of nitrogens with one attached hydrogen (secondary N) is 1. The van der Waals surface area contributed by atoms with Gasteiger partial charge < -0.3 is 14.8 Å². The molecule has 6 nitrogen and oxygen atoms in total. The lowest BCUT2D eigenvalue weighted by molar-refractivity contribution is -0.142. The fourth-order valence-electron chi connectivity index (χ4n) is 3.23. The Morgan fingerprint density at radius 3 is 2.81 bits per heavy atom. The molecule has 26 heavy (non-hydrogen) atoms. The zero-order chi connectivity index (χ0) is 19.2. The summed E-state index contributed by atoms with van der Waals surface area (Å²) >= 11 is 0. The lowest BCUT2D eigenvalue weighted by Crippen LogP contribution is -2.49. The molecule has 1 aromatic rings. The molecule has 9 heteroatoms. The van der Waals surface area contributed by atoms with Crippen molar-refractivity contribution in [1.82, 2.24) is 24.7 Å². The van der Waals surface area contributed by atoms with E-state index >= 15 is 0 Å². The predicted molar refractivity (Wildman–Crippen MR) is 96.1 cm³/mol. The van der Waals surface area contributed by atoms with E-state index in [2.05, 4.69) is 31.7 Å². The zero-order valence-corrected chi connectivity index (χ0v) is 15.7. The van der Waals surface area contributed by atoms with Gasteiger partial charge in [0.15, 0.2) is 5.96 Å². The van der Waals surface area contributed by atoms with Crippen LogP contribution in [0.1, 0.15) is 26.3 Å². The summed E-state index contributed by atoms with van der Waals surface area (Å²) in [6.45, 7) is 6.32. The maximum absolute atomic E-state index is 12.4. The highest BCUT2D eigenvalue weighted by Crippen LogP contribution is 2.27. The lowest BCUT2D eigenvalue weighted by Gasteiger charge is -2.39. The Balaban J connectivity index is 1.97. The van der Waals surface area contributed by atoms with Crippen molar-refractivity contribution in [3.8, 4) is 0 Å². The summed E-state index contributed by atoms with van der Waals surface area (Å²) in [5.74, 6) is 1.30. The van der Waals surface area contributed by atoms with Crippen molar-refractivity contribution in [1.29, 1.82) is 0 Å². The summed E-state index contributed by atoms with van der Waals surface area (Å²) < 4.78 is 39.4. The first kappa shape index (κ1) is 20.5. The first-order valence-electron chi connectivity index (χ1n) is 9.06. The SMILES string of the molecule is CCNC(=NCCN(C)CC(F)(F)F)N1CCC(C)C(n2ccnc2)C1. The van der Waals surface area contributed by atoms with Gasteiger partial charge >= 0.3 is 6.18 Å². The zero-order valence-electron chi connectivity index (χ0n) is 15.7. The molecule has 0 bridgehead atoms. The topological polar surface area (TPSA) is 48.7 Å². The largest absolute Gasteiger partial charge is 0.401 e. The average Bonchev–Trinajstić information content (AvgIpc) is 3.07. The van der Waals surface area contributed by atoms with E-state index in [0.717, 1.165) is 32.0 Å². The molecule has 0 spiro atoms. The number of hydrogen-bond donors (Lipinski definition) is 1. The standard InChI is InChI=1S/C17H29F3N6/c1-4-22-16(23-7-9-24(3)12-17(18,19)20)25-8-5-14(2)15(11-25)26-10-6-21-13-26/h6,10,13-15H,4-5,7-9,11-12H2,1-3H3,(H,22,23). The van der Waals surface area contributed by atoms with Gasteiger partial charge in [-0.25, -0.2) is 4.98 Å². The number of likely N-dealkylation sites (tertiary alicyclic amines) is 1. The predicted octanol–water partition coefficient (Wildman–Crippen LogP) is 2.23. The van der Waals surface area contributed by atoms with E-state index in [1.807, 2.05) is 19.4 Å². The van der Waals surface area contributed by atoms with Crippen LogP contribution in [0.5, 0.6) is 0 Å². The summed E-state index contributed by atoms with van der Waals surface area (Å²) in [6.07, 6.45) is 2.44. The van der Waals surface area contributed by atoms with Crippen LogP contribution in [-0.4, -0.2) is 77.8 Å². The highest BCUT2D eigenvalue weighted by Gasteiger charge is 2.30. The van der Waals surface area contributed by atoms with Gasteiger partial charge in [-0.2, -0.15) is 13.2 Å². The van der Waals surface area contributed by atoms with E-state index in [1.54, 1.807) is 6.20 Å². The second-order valence-electron chi connectivity index (χ2n) is 6.88. The van der Waals surface area contributed by atoms with Crippen LogP contribution in [0, 0.1) is 5.92 Å². The molecule has 1 aliphatic rings. The molecule has 0 aromatic carbocycles. The minimum Gasteiger partial charge on any atom is -0.357 e. The third kappa shape index (κ3) is 6.19. The number of likely N-dealkylation sites (N-methyl/N-ethyl adjacent to an activating group) is 1. The van der Waals surface area contributed by atoms with Crippen LogP contribution in [0.2, 0.25) is 0 Å². The highest BCUT2D eigenvalue weighted by molar-refractivity contribution is 5.80. The fraction of sp³-hybridized carbons (Fsp3) is 0.765. The minimum atomic E-state index is -4.18. The molecular formula is C17H29F3N6. The third-order valence-electron chi connectivity index (χ3n) is 4.65. The summed E-state index contributed by atoms with van der Waals surface area (Å²) in [4.78, 5) is 12.1. The molecule has 0 radical (unpaired) electrons. The summed E-state index contributed by atoms with van der Waals surface area (Å²) in [6, 6.07) is 0.308. The van der Waals surface area contributed by atoms with Crippen molar-refractivity contribution in [2.45, 2.75) is 32.5 Å². The van der Waals surface area contributed by atoms with Gasteiger partial charge in [-0.05, 0) is 26.3 Å². The first-order valence-corrected chi connectivity index (χ1v) is 9.06. The molecule has 2 atom stereocenters.